The quantitative estimate of drug-likeness (QED) is 0.841. The zero-order chi connectivity index (χ0) is 13.0. The SMILES string of the molecule is O=C(CCl)NC1CCN(C(=O)c2ccco2)CC1. The van der Waals surface area contributed by atoms with Crippen LogP contribution in [0.4, 0.5) is 0 Å². The first-order valence-corrected chi connectivity index (χ1v) is 6.42. The van der Waals surface area contributed by atoms with Crippen LogP contribution in [0.1, 0.15) is 23.4 Å². The number of hydrogen-bond donors (Lipinski definition) is 1. The van der Waals surface area contributed by atoms with Crippen LogP contribution in [-0.4, -0.2) is 41.7 Å². The maximum Gasteiger partial charge on any atom is 0.289 e. The van der Waals surface area contributed by atoms with E-state index in [0.717, 1.165) is 12.8 Å². The third kappa shape index (κ3) is 3.04. The van der Waals surface area contributed by atoms with Crippen LogP contribution in [0.3, 0.4) is 0 Å². The van der Waals surface area contributed by atoms with Crippen molar-refractivity contribution in [1.29, 1.82) is 0 Å². The average Bonchev–Trinajstić information content (AvgIpc) is 2.92. The van der Waals surface area contributed by atoms with Gasteiger partial charge in [-0.1, -0.05) is 0 Å². The fraction of sp³-hybridized carbons (Fsp3) is 0.500. The Morgan fingerprint density at radius 1 is 1.44 bits per heavy atom. The molecule has 1 aromatic heterocycles. The van der Waals surface area contributed by atoms with E-state index in [4.69, 9.17) is 16.0 Å². The summed E-state index contributed by atoms with van der Waals surface area (Å²) in [5.41, 5.74) is 0. The number of alkyl halides is 1. The van der Waals surface area contributed by atoms with Crippen molar-refractivity contribution in [2.75, 3.05) is 19.0 Å². The van der Waals surface area contributed by atoms with Gasteiger partial charge in [-0.05, 0) is 25.0 Å². The van der Waals surface area contributed by atoms with Crippen molar-refractivity contribution in [3.8, 4) is 0 Å². The Balaban J connectivity index is 1.83. The molecular formula is C12H15ClN2O3. The fourth-order valence-corrected chi connectivity index (χ4v) is 2.13. The summed E-state index contributed by atoms with van der Waals surface area (Å²) in [6.07, 6.45) is 2.98. The van der Waals surface area contributed by atoms with Gasteiger partial charge in [0.2, 0.25) is 5.91 Å². The molecule has 0 spiro atoms. The fourth-order valence-electron chi connectivity index (χ4n) is 2.05. The van der Waals surface area contributed by atoms with Gasteiger partial charge in [0.05, 0.1) is 6.26 Å². The number of halogens is 1. The zero-order valence-corrected chi connectivity index (χ0v) is 10.7. The molecule has 98 valence electrons. The van der Waals surface area contributed by atoms with Crippen molar-refractivity contribution < 1.29 is 14.0 Å². The lowest BCUT2D eigenvalue weighted by atomic mass is 10.0. The molecule has 0 atom stereocenters. The summed E-state index contributed by atoms with van der Waals surface area (Å²) in [5.74, 6) is 0.0822. The molecule has 18 heavy (non-hydrogen) atoms. The maximum atomic E-state index is 12.0. The molecular weight excluding hydrogens is 256 g/mol. The van der Waals surface area contributed by atoms with Gasteiger partial charge in [-0.15, -0.1) is 11.6 Å². The van der Waals surface area contributed by atoms with Gasteiger partial charge in [0.15, 0.2) is 5.76 Å². The van der Waals surface area contributed by atoms with Crippen molar-refractivity contribution in [2.45, 2.75) is 18.9 Å². The van der Waals surface area contributed by atoms with Gasteiger partial charge < -0.3 is 14.6 Å². The highest BCUT2D eigenvalue weighted by molar-refractivity contribution is 6.27. The minimum atomic E-state index is -0.160. The highest BCUT2D eigenvalue weighted by atomic mass is 35.5. The summed E-state index contributed by atoms with van der Waals surface area (Å²) in [7, 11) is 0. The van der Waals surface area contributed by atoms with Crippen LogP contribution < -0.4 is 5.32 Å². The van der Waals surface area contributed by atoms with Gasteiger partial charge in [0.1, 0.15) is 5.88 Å². The molecule has 1 fully saturated rings. The van der Waals surface area contributed by atoms with Gasteiger partial charge >= 0.3 is 0 Å². The second-order valence-electron chi connectivity index (χ2n) is 4.24. The molecule has 0 radical (unpaired) electrons. The molecule has 0 bridgehead atoms. The number of nitrogens with zero attached hydrogens (tertiary/aromatic N) is 1. The van der Waals surface area contributed by atoms with Crippen LogP contribution in [0.25, 0.3) is 0 Å². The van der Waals surface area contributed by atoms with Crippen LogP contribution in [0.5, 0.6) is 0 Å². The summed E-state index contributed by atoms with van der Waals surface area (Å²) in [6.45, 7) is 1.24. The van der Waals surface area contributed by atoms with Crippen LogP contribution >= 0.6 is 11.6 Å². The van der Waals surface area contributed by atoms with Crippen LogP contribution in [0.2, 0.25) is 0 Å². The Morgan fingerprint density at radius 3 is 2.72 bits per heavy atom. The minimum absolute atomic E-state index is 0.0223. The van der Waals surface area contributed by atoms with E-state index in [9.17, 15) is 9.59 Å². The number of carbonyl (C=O) groups excluding carboxylic acids is 2. The normalized spacial score (nSPS) is 16.6. The van der Waals surface area contributed by atoms with Crippen LogP contribution in [-0.2, 0) is 4.79 Å². The maximum absolute atomic E-state index is 12.0. The molecule has 1 aromatic rings. The number of hydrogen-bond acceptors (Lipinski definition) is 3. The Kier molecular flexibility index (Phi) is 4.25. The smallest absolute Gasteiger partial charge is 0.289 e. The zero-order valence-electron chi connectivity index (χ0n) is 9.89. The predicted octanol–water partition coefficient (Wildman–Crippen LogP) is 1.24. The summed E-state index contributed by atoms with van der Waals surface area (Å²) >= 11 is 5.43. The first-order chi connectivity index (χ1) is 8.70. The number of amides is 2. The Morgan fingerprint density at radius 2 is 2.17 bits per heavy atom. The molecule has 1 aliphatic rings. The predicted molar refractivity (Wildman–Crippen MR) is 66.5 cm³/mol. The minimum Gasteiger partial charge on any atom is -0.459 e. The number of piperidine rings is 1. The van der Waals surface area contributed by atoms with Crippen LogP contribution in [0, 0.1) is 0 Å². The molecule has 2 rings (SSSR count). The molecule has 0 aliphatic carbocycles. The average molecular weight is 271 g/mol. The summed E-state index contributed by atoms with van der Waals surface area (Å²) in [6, 6.07) is 3.46. The van der Waals surface area contributed by atoms with E-state index in [1.54, 1.807) is 17.0 Å². The Bertz CT molecular complexity index is 411. The van der Waals surface area contributed by atoms with Crippen molar-refractivity contribution in [1.82, 2.24) is 10.2 Å². The van der Waals surface area contributed by atoms with Gasteiger partial charge in [-0.25, -0.2) is 0 Å². The summed E-state index contributed by atoms with van der Waals surface area (Å²) < 4.78 is 5.08. The first kappa shape index (κ1) is 13.0. The van der Waals surface area contributed by atoms with E-state index in [1.165, 1.54) is 6.26 Å². The second kappa shape index (κ2) is 5.91. The van der Waals surface area contributed by atoms with E-state index in [1.807, 2.05) is 0 Å². The second-order valence-corrected chi connectivity index (χ2v) is 4.51. The molecule has 6 heteroatoms. The Hall–Kier alpha value is -1.49. The summed E-state index contributed by atoms with van der Waals surface area (Å²) in [5, 5.41) is 2.83. The van der Waals surface area contributed by atoms with Crippen molar-refractivity contribution >= 4 is 23.4 Å². The molecule has 5 nitrogen and oxygen atoms in total. The number of carbonyl (C=O) groups is 2. The number of furan rings is 1. The largest absolute Gasteiger partial charge is 0.459 e. The molecule has 0 saturated carbocycles. The van der Waals surface area contributed by atoms with Gasteiger partial charge in [0, 0.05) is 19.1 Å². The van der Waals surface area contributed by atoms with E-state index in [0.29, 0.717) is 18.8 Å². The van der Waals surface area contributed by atoms with Gasteiger partial charge in [-0.2, -0.15) is 0 Å². The van der Waals surface area contributed by atoms with E-state index in [2.05, 4.69) is 5.32 Å². The van der Waals surface area contributed by atoms with Crippen molar-refractivity contribution in [3.63, 3.8) is 0 Å². The third-order valence-corrected chi connectivity index (χ3v) is 3.24. The first-order valence-electron chi connectivity index (χ1n) is 5.89. The number of nitrogens with one attached hydrogen (secondary N) is 1. The van der Waals surface area contributed by atoms with Crippen molar-refractivity contribution in [2.24, 2.45) is 0 Å². The number of rotatable bonds is 3. The standard InChI is InChI=1S/C12H15ClN2O3/c13-8-11(16)14-9-3-5-15(6-4-9)12(17)10-2-1-7-18-10/h1-2,7,9H,3-6,8H2,(H,14,16). The number of likely N-dealkylation sites (tertiary alicyclic amines) is 1. The molecule has 0 aromatic carbocycles. The monoisotopic (exact) mass is 270 g/mol. The molecule has 1 N–H and O–H groups in total. The van der Waals surface area contributed by atoms with E-state index < -0.39 is 0 Å². The van der Waals surface area contributed by atoms with E-state index in [-0.39, 0.29) is 23.7 Å². The molecule has 0 unspecified atom stereocenters. The van der Waals surface area contributed by atoms with E-state index >= 15 is 0 Å². The third-order valence-electron chi connectivity index (χ3n) is 3.00. The lowest BCUT2D eigenvalue weighted by Gasteiger charge is -2.31. The molecule has 1 aliphatic heterocycles. The lowest BCUT2D eigenvalue weighted by molar-refractivity contribution is -0.119. The lowest BCUT2D eigenvalue weighted by Crippen LogP contribution is -2.46. The van der Waals surface area contributed by atoms with Crippen molar-refractivity contribution in [3.05, 3.63) is 24.2 Å². The molecule has 2 heterocycles. The highest BCUT2D eigenvalue weighted by Crippen LogP contribution is 2.14. The van der Waals surface area contributed by atoms with Gasteiger partial charge in [0.25, 0.3) is 5.91 Å². The Labute approximate surface area is 110 Å². The molecule has 1 saturated heterocycles. The highest BCUT2D eigenvalue weighted by Gasteiger charge is 2.25. The summed E-state index contributed by atoms with van der Waals surface area (Å²) in [4.78, 5) is 24.9. The topological polar surface area (TPSA) is 62.6 Å². The van der Waals surface area contributed by atoms with Crippen LogP contribution in [0.15, 0.2) is 22.8 Å². The van der Waals surface area contributed by atoms with Gasteiger partial charge in [-0.3, -0.25) is 9.59 Å². The molecule has 2 amide bonds.